The molecule has 0 saturated heterocycles. The Balaban J connectivity index is 1.20. The van der Waals surface area contributed by atoms with E-state index in [1.807, 2.05) is 12.1 Å². The maximum absolute atomic E-state index is 12.7. The monoisotopic (exact) mass is 510 g/mol. The Morgan fingerprint density at radius 3 is 1.53 bits per heavy atom. The Bertz CT molecular complexity index is 1340. The maximum Gasteiger partial charge on any atom is 0.173 e. The van der Waals surface area contributed by atoms with Gasteiger partial charge in [-0.3, -0.25) is 9.59 Å². The van der Waals surface area contributed by atoms with Crippen LogP contribution in [0.25, 0.3) is 0 Å². The molecule has 2 aliphatic carbocycles. The summed E-state index contributed by atoms with van der Waals surface area (Å²) in [4.78, 5) is 34.7. The minimum absolute atomic E-state index is 0.0828. The number of aromatic nitrogens is 2. The number of hydrogen-bond donors (Lipinski definition) is 0. The topological polar surface area (TPSA) is 108 Å². The van der Waals surface area contributed by atoms with E-state index in [9.17, 15) is 20.1 Å². The number of pyridine rings is 2. The van der Waals surface area contributed by atoms with E-state index in [4.69, 9.17) is 0 Å². The van der Waals surface area contributed by atoms with Crippen LogP contribution >= 0.6 is 23.5 Å². The van der Waals surface area contributed by atoms with Crippen LogP contribution in [-0.2, 0) is 25.7 Å². The lowest BCUT2D eigenvalue weighted by Crippen LogP contribution is -2.07. The average molecular weight is 511 g/mol. The predicted octanol–water partition coefficient (Wildman–Crippen LogP) is 5.15. The molecular weight excluding hydrogens is 488 g/mol. The summed E-state index contributed by atoms with van der Waals surface area (Å²) in [6, 6.07) is 14.8. The third kappa shape index (κ3) is 5.06. The van der Waals surface area contributed by atoms with E-state index in [2.05, 4.69) is 22.1 Å². The zero-order chi connectivity index (χ0) is 25.1. The molecule has 0 bridgehead atoms. The third-order valence-corrected chi connectivity index (χ3v) is 8.46. The number of Topliss-reactive ketones (excluding diaryl/α,β-unsaturated/α-hetero) is 2. The van der Waals surface area contributed by atoms with Crippen molar-refractivity contribution in [2.45, 2.75) is 48.6 Å². The van der Waals surface area contributed by atoms with Gasteiger partial charge in [0.2, 0.25) is 0 Å². The van der Waals surface area contributed by atoms with E-state index >= 15 is 0 Å². The lowest BCUT2D eigenvalue weighted by molar-refractivity contribution is 0.101. The van der Waals surface area contributed by atoms with Crippen molar-refractivity contribution in [1.82, 2.24) is 9.97 Å². The second-order valence-electron chi connectivity index (χ2n) is 8.83. The number of carbonyl (C=O) groups is 2. The smallest absolute Gasteiger partial charge is 0.173 e. The third-order valence-electron chi connectivity index (χ3n) is 6.48. The highest BCUT2D eigenvalue weighted by Crippen LogP contribution is 2.29. The van der Waals surface area contributed by atoms with Gasteiger partial charge in [0, 0.05) is 22.5 Å². The number of benzene rings is 1. The summed E-state index contributed by atoms with van der Waals surface area (Å²) >= 11 is 2.56. The number of hydrogen-bond acceptors (Lipinski definition) is 8. The van der Waals surface area contributed by atoms with Gasteiger partial charge in [0.15, 0.2) is 11.6 Å². The molecule has 0 amide bonds. The van der Waals surface area contributed by atoms with Crippen LogP contribution in [0.2, 0.25) is 0 Å². The molecule has 0 saturated carbocycles. The number of aryl methyl sites for hydroxylation is 4. The first-order valence-electron chi connectivity index (χ1n) is 11.8. The Morgan fingerprint density at radius 1 is 0.722 bits per heavy atom. The Morgan fingerprint density at radius 2 is 1.14 bits per heavy atom. The largest absolute Gasteiger partial charge is 0.293 e. The Labute approximate surface area is 218 Å². The first kappa shape index (κ1) is 24.2. The first-order chi connectivity index (χ1) is 17.6. The van der Waals surface area contributed by atoms with Crippen molar-refractivity contribution in [3.05, 3.63) is 81.2 Å². The number of nitriles is 2. The molecule has 2 aromatic heterocycles. The van der Waals surface area contributed by atoms with E-state index in [0.29, 0.717) is 32.3 Å². The van der Waals surface area contributed by atoms with Crippen molar-refractivity contribution in [2.75, 3.05) is 11.5 Å². The molecule has 2 aliphatic rings. The van der Waals surface area contributed by atoms with Gasteiger partial charge in [0.1, 0.15) is 22.2 Å². The Hall–Kier alpha value is -3.46. The van der Waals surface area contributed by atoms with E-state index in [-0.39, 0.29) is 23.1 Å². The van der Waals surface area contributed by atoms with E-state index in [0.717, 1.165) is 61.0 Å². The molecule has 3 aromatic rings. The zero-order valence-electron chi connectivity index (χ0n) is 19.5. The SMILES string of the molecule is N#Cc1cc2c(nc1SCC(=O)c1ccc(C(=O)CSc3nc4c(cc3C#N)CCC4)cc1)CCC2. The highest BCUT2D eigenvalue weighted by atomic mass is 32.2. The van der Waals surface area contributed by atoms with Crippen molar-refractivity contribution in [2.24, 2.45) is 0 Å². The summed E-state index contributed by atoms with van der Waals surface area (Å²) in [6.07, 6.45) is 5.83. The molecule has 36 heavy (non-hydrogen) atoms. The molecular formula is C28H22N4O2S2. The van der Waals surface area contributed by atoms with Crippen LogP contribution in [0, 0.1) is 22.7 Å². The van der Waals surface area contributed by atoms with Gasteiger partial charge in [-0.25, -0.2) is 9.97 Å². The summed E-state index contributed by atoms with van der Waals surface area (Å²) in [5.74, 6) is 0.177. The minimum Gasteiger partial charge on any atom is -0.293 e. The molecule has 6 nitrogen and oxygen atoms in total. The molecule has 0 fully saturated rings. The summed E-state index contributed by atoms with van der Waals surface area (Å²) < 4.78 is 0. The number of thioether (sulfide) groups is 2. The van der Waals surface area contributed by atoms with Crippen molar-refractivity contribution in [1.29, 1.82) is 10.5 Å². The Kier molecular flexibility index (Phi) is 7.18. The van der Waals surface area contributed by atoms with Crippen molar-refractivity contribution < 1.29 is 9.59 Å². The maximum atomic E-state index is 12.7. The van der Waals surface area contributed by atoms with E-state index in [1.54, 1.807) is 24.3 Å². The molecule has 0 spiro atoms. The van der Waals surface area contributed by atoms with Gasteiger partial charge in [-0.1, -0.05) is 47.8 Å². The molecule has 1 aromatic carbocycles. The fourth-order valence-electron chi connectivity index (χ4n) is 4.56. The summed E-state index contributed by atoms with van der Waals surface area (Å²) in [6.45, 7) is 0. The fourth-order valence-corrected chi connectivity index (χ4v) is 6.30. The molecule has 5 rings (SSSR count). The highest BCUT2D eigenvalue weighted by molar-refractivity contribution is 8.00. The van der Waals surface area contributed by atoms with E-state index in [1.165, 1.54) is 23.5 Å². The second-order valence-corrected chi connectivity index (χ2v) is 10.8. The number of rotatable bonds is 8. The van der Waals surface area contributed by atoms with Crippen LogP contribution in [0.4, 0.5) is 0 Å². The highest BCUT2D eigenvalue weighted by Gasteiger charge is 2.19. The predicted molar refractivity (Wildman–Crippen MR) is 139 cm³/mol. The van der Waals surface area contributed by atoms with Crippen LogP contribution in [0.5, 0.6) is 0 Å². The van der Waals surface area contributed by atoms with Crippen molar-refractivity contribution in [3.8, 4) is 12.1 Å². The minimum atomic E-state index is -0.0828. The molecule has 0 N–H and O–H groups in total. The van der Waals surface area contributed by atoms with Gasteiger partial charge in [0.05, 0.1) is 22.6 Å². The molecule has 178 valence electrons. The van der Waals surface area contributed by atoms with Crippen LogP contribution in [0.1, 0.15) is 67.2 Å². The summed E-state index contributed by atoms with van der Waals surface area (Å²) in [7, 11) is 0. The van der Waals surface area contributed by atoms with Crippen molar-refractivity contribution >= 4 is 35.1 Å². The second kappa shape index (κ2) is 10.7. The summed E-state index contributed by atoms with van der Waals surface area (Å²) in [5.41, 5.74) is 6.39. The number of ketones is 2. The molecule has 2 heterocycles. The number of nitrogens with zero attached hydrogens (tertiary/aromatic N) is 4. The van der Waals surface area contributed by atoms with Crippen LogP contribution in [-0.4, -0.2) is 33.0 Å². The van der Waals surface area contributed by atoms with Crippen LogP contribution in [0.3, 0.4) is 0 Å². The van der Waals surface area contributed by atoms with Gasteiger partial charge in [-0.2, -0.15) is 10.5 Å². The van der Waals surface area contributed by atoms with Gasteiger partial charge in [0.25, 0.3) is 0 Å². The fraction of sp³-hybridized carbons (Fsp3) is 0.286. The molecule has 0 atom stereocenters. The lowest BCUT2D eigenvalue weighted by Gasteiger charge is -2.08. The van der Waals surface area contributed by atoms with Crippen LogP contribution < -0.4 is 0 Å². The van der Waals surface area contributed by atoms with Crippen molar-refractivity contribution in [3.63, 3.8) is 0 Å². The zero-order valence-corrected chi connectivity index (χ0v) is 21.2. The molecule has 0 radical (unpaired) electrons. The normalized spacial score (nSPS) is 13.5. The quantitative estimate of drug-likeness (QED) is 0.303. The first-order valence-corrected chi connectivity index (χ1v) is 13.8. The standard InChI is InChI=1S/C28H22N4O2S2/c29-13-21-11-19-3-1-5-23(19)31-27(21)35-15-25(33)17-7-9-18(10-8-17)26(34)16-36-28-22(14-30)12-20-4-2-6-24(20)32-28/h7-12H,1-6,15-16H2. The van der Waals surface area contributed by atoms with Gasteiger partial charge >= 0.3 is 0 Å². The van der Waals surface area contributed by atoms with Crippen LogP contribution in [0.15, 0.2) is 46.5 Å². The number of fused-ring (bicyclic) bond motifs is 2. The molecule has 8 heteroatoms. The van der Waals surface area contributed by atoms with Gasteiger partial charge < -0.3 is 0 Å². The molecule has 0 unspecified atom stereocenters. The number of carbonyl (C=O) groups excluding carboxylic acids is 2. The van der Waals surface area contributed by atoms with Gasteiger partial charge in [-0.05, 0) is 61.8 Å². The average Bonchev–Trinajstić information content (AvgIpc) is 3.57. The lowest BCUT2D eigenvalue weighted by atomic mass is 10.1. The molecule has 0 aliphatic heterocycles. The summed E-state index contributed by atoms with van der Waals surface area (Å²) in [5, 5.41) is 20.1. The van der Waals surface area contributed by atoms with Gasteiger partial charge in [-0.15, -0.1) is 0 Å². The van der Waals surface area contributed by atoms with E-state index < -0.39 is 0 Å².